The van der Waals surface area contributed by atoms with Crippen LogP contribution in [0.5, 0.6) is 0 Å². The average Bonchev–Trinajstić information content (AvgIpc) is 2.37. The summed E-state index contributed by atoms with van der Waals surface area (Å²) in [7, 11) is 4.17. The third-order valence-electron chi connectivity index (χ3n) is 3.28. The monoisotopic (exact) mass is 265 g/mol. The second kappa shape index (κ2) is 8.15. The van der Waals surface area contributed by atoms with E-state index in [0.717, 1.165) is 37.3 Å². The van der Waals surface area contributed by atoms with E-state index in [1.165, 1.54) is 0 Å². The molecule has 0 radical (unpaired) electrons. The summed E-state index contributed by atoms with van der Waals surface area (Å²) in [5.41, 5.74) is 7.31. The number of aliphatic hydroxyl groups excluding tert-OH is 1. The Morgan fingerprint density at radius 2 is 1.79 bits per heavy atom. The van der Waals surface area contributed by atoms with E-state index in [0.29, 0.717) is 6.54 Å². The molecule has 108 valence electrons. The van der Waals surface area contributed by atoms with Gasteiger partial charge in [-0.05, 0) is 57.8 Å². The number of hydrogen-bond acceptors (Lipinski definition) is 4. The van der Waals surface area contributed by atoms with Gasteiger partial charge in [-0.15, -0.1) is 0 Å². The Hall–Kier alpha value is -1.10. The van der Waals surface area contributed by atoms with E-state index in [-0.39, 0.29) is 0 Å². The smallest absolute Gasteiger partial charge is 0.0916 e. The first kappa shape index (κ1) is 16.0. The summed E-state index contributed by atoms with van der Waals surface area (Å²) >= 11 is 0. The lowest BCUT2D eigenvalue weighted by molar-refractivity contribution is 0.114. The molecule has 1 aromatic rings. The molecule has 1 aromatic carbocycles. The van der Waals surface area contributed by atoms with Crippen LogP contribution in [-0.4, -0.2) is 55.2 Å². The molecule has 4 heteroatoms. The summed E-state index contributed by atoms with van der Waals surface area (Å²) in [4.78, 5) is 4.47. The van der Waals surface area contributed by atoms with Crippen LogP contribution in [0.15, 0.2) is 24.3 Å². The number of hydrogen-bond donors (Lipinski definition) is 2. The van der Waals surface area contributed by atoms with Gasteiger partial charge in [0.05, 0.1) is 6.10 Å². The SMILES string of the molecule is CCN(CCCN(C)C)CC(O)c1ccc(N)cc1. The number of aliphatic hydroxyl groups is 1. The first-order valence-electron chi connectivity index (χ1n) is 6.93. The van der Waals surface area contributed by atoms with Crippen LogP contribution in [0.1, 0.15) is 25.0 Å². The van der Waals surface area contributed by atoms with E-state index in [2.05, 4.69) is 30.8 Å². The van der Waals surface area contributed by atoms with Gasteiger partial charge in [-0.3, -0.25) is 0 Å². The lowest BCUT2D eigenvalue weighted by Crippen LogP contribution is -2.31. The van der Waals surface area contributed by atoms with Crippen molar-refractivity contribution < 1.29 is 5.11 Å². The minimum absolute atomic E-state index is 0.445. The van der Waals surface area contributed by atoms with Gasteiger partial charge in [0.15, 0.2) is 0 Å². The molecule has 3 N–H and O–H groups in total. The van der Waals surface area contributed by atoms with E-state index >= 15 is 0 Å². The Balaban J connectivity index is 2.43. The Kier molecular flexibility index (Phi) is 6.84. The molecule has 0 aliphatic heterocycles. The maximum absolute atomic E-state index is 10.2. The zero-order valence-corrected chi connectivity index (χ0v) is 12.3. The lowest BCUT2D eigenvalue weighted by atomic mass is 10.1. The highest BCUT2D eigenvalue weighted by atomic mass is 16.3. The van der Waals surface area contributed by atoms with Gasteiger partial charge in [-0.2, -0.15) is 0 Å². The number of benzene rings is 1. The summed E-state index contributed by atoms with van der Waals surface area (Å²) in [5, 5.41) is 10.2. The van der Waals surface area contributed by atoms with Crippen LogP contribution in [0.3, 0.4) is 0 Å². The lowest BCUT2D eigenvalue weighted by Gasteiger charge is -2.24. The van der Waals surface area contributed by atoms with E-state index in [1.54, 1.807) is 0 Å². The van der Waals surface area contributed by atoms with Gasteiger partial charge in [-0.1, -0.05) is 19.1 Å². The Labute approximate surface area is 116 Å². The normalized spacial score (nSPS) is 13.2. The minimum Gasteiger partial charge on any atom is -0.399 e. The van der Waals surface area contributed by atoms with Gasteiger partial charge >= 0.3 is 0 Å². The van der Waals surface area contributed by atoms with Gasteiger partial charge in [0.25, 0.3) is 0 Å². The minimum atomic E-state index is -0.445. The predicted molar refractivity (Wildman–Crippen MR) is 81.1 cm³/mol. The van der Waals surface area contributed by atoms with Crippen molar-refractivity contribution in [3.63, 3.8) is 0 Å². The quantitative estimate of drug-likeness (QED) is 0.701. The molecule has 4 nitrogen and oxygen atoms in total. The molecule has 1 atom stereocenters. The number of rotatable bonds is 8. The summed E-state index contributed by atoms with van der Waals surface area (Å²) in [6, 6.07) is 7.46. The van der Waals surface area contributed by atoms with Gasteiger partial charge < -0.3 is 20.6 Å². The Morgan fingerprint density at radius 1 is 1.16 bits per heavy atom. The zero-order chi connectivity index (χ0) is 14.3. The molecular weight excluding hydrogens is 238 g/mol. The predicted octanol–water partition coefficient (Wildman–Crippen LogP) is 1.58. The summed E-state index contributed by atoms with van der Waals surface area (Å²) in [5.74, 6) is 0. The van der Waals surface area contributed by atoms with Crippen LogP contribution in [0, 0.1) is 0 Å². The summed E-state index contributed by atoms with van der Waals surface area (Å²) in [6.07, 6.45) is 0.676. The molecular formula is C15H27N3O. The molecule has 1 rings (SSSR count). The number of likely N-dealkylation sites (N-methyl/N-ethyl adjacent to an activating group) is 1. The van der Waals surface area contributed by atoms with Crippen LogP contribution < -0.4 is 5.73 Å². The largest absolute Gasteiger partial charge is 0.399 e. The standard InChI is InChI=1S/C15H27N3O/c1-4-18(11-5-10-17(2)3)12-15(19)13-6-8-14(16)9-7-13/h6-9,15,19H,4-5,10-12,16H2,1-3H3. The highest BCUT2D eigenvalue weighted by molar-refractivity contribution is 5.39. The van der Waals surface area contributed by atoms with Gasteiger partial charge in [0.2, 0.25) is 0 Å². The van der Waals surface area contributed by atoms with Crippen molar-refractivity contribution in [2.24, 2.45) is 0 Å². The molecule has 0 saturated carbocycles. The van der Waals surface area contributed by atoms with Crippen LogP contribution in [0.2, 0.25) is 0 Å². The third kappa shape index (κ3) is 6.05. The average molecular weight is 265 g/mol. The number of anilines is 1. The van der Waals surface area contributed by atoms with Gasteiger partial charge in [-0.25, -0.2) is 0 Å². The van der Waals surface area contributed by atoms with E-state index < -0.39 is 6.10 Å². The van der Waals surface area contributed by atoms with Crippen molar-refractivity contribution in [1.82, 2.24) is 9.80 Å². The van der Waals surface area contributed by atoms with Crippen LogP contribution in [-0.2, 0) is 0 Å². The highest BCUT2D eigenvalue weighted by Gasteiger charge is 2.12. The molecule has 0 fully saturated rings. The molecule has 0 amide bonds. The van der Waals surface area contributed by atoms with Crippen LogP contribution in [0.25, 0.3) is 0 Å². The first-order valence-corrected chi connectivity index (χ1v) is 6.93. The number of nitrogen functional groups attached to an aromatic ring is 1. The molecule has 0 aromatic heterocycles. The van der Waals surface area contributed by atoms with Crippen LogP contribution in [0.4, 0.5) is 5.69 Å². The highest BCUT2D eigenvalue weighted by Crippen LogP contribution is 2.16. The fourth-order valence-corrected chi connectivity index (χ4v) is 2.06. The molecule has 0 bridgehead atoms. The maximum atomic E-state index is 10.2. The van der Waals surface area contributed by atoms with Gasteiger partial charge in [0.1, 0.15) is 0 Å². The van der Waals surface area contributed by atoms with Crippen molar-refractivity contribution in [2.75, 3.05) is 46.0 Å². The third-order valence-corrected chi connectivity index (χ3v) is 3.28. The maximum Gasteiger partial charge on any atom is 0.0916 e. The molecule has 0 aliphatic rings. The zero-order valence-electron chi connectivity index (χ0n) is 12.3. The molecule has 0 heterocycles. The van der Waals surface area contributed by atoms with Crippen molar-refractivity contribution in [1.29, 1.82) is 0 Å². The van der Waals surface area contributed by atoms with E-state index in [9.17, 15) is 5.11 Å². The molecule has 0 aliphatic carbocycles. The van der Waals surface area contributed by atoms with Crippen molar-refractivity contribution in [3.05, 3.63) is 29.8 Å². The second-order valence-corrected chi connectivity index (χ2v) is 5.23. The Bertz CT molecular complexity index is 351. The van der Waals surface area contributed by atoms with Crippen molar-refractivity contribution in [2.45, 2.75) is 19.4 Å². The van der Waals surface area contributed by atoms with Crippen molar-refractivity contribution in [3.8, 4) is 0 Å². The summed E-state index contributed by atoms with van der Waals surface area (Å²) < 4.78 is 0. The fraction of sp³-hybridized carbons (Fsp3) is 0.600. The molecule has 19 heavy (non-hydrogen) atoms. The fourth-order valence-electron chi connectivity index (χ4n) is 2.06. The summed E-state index contributed by atoms with van der Waals surface area (Å²) in [6.45, 7) is 5.86. The second-order valence-electron chi connectivity index (χ2n) is 5.23. The topological polar surface area (TPSA) is 52.7 Å². The van der Waals surface area contributed by atoms with Crippen molar-refractivity contribution >= 4 is 5.69 Å². The molecule has 0 saturated heterocycles. The molecule has 1 unspecified atom stereocenters. The first-order chi connectivity index (χ1) is 9.02. The number of nitrogens with zero attached hydrogens (tertiary/aromatic N) is 2. The Morgan fingerprint density at radius 3 is 2.32 bits per heavy atom. The van der Waals surface area contributed by atoms with Crippen LogP contribution >= 0.6 is 0 Å². The van der Waals surface area contributed by atoms with E-state index in [1.807, 2.05) is 24.3 Å². The molecule has 0 spiro atoms. The van der Waals surface area contributed by atoms with Gasteiger partial charge in [0, 0.05) is 12.2 Å². The number of nitrogens with two attached hydrogens (primary N) is 1. The van der Waals surface area contributed by atoms with E-state index in [4.69, 9.17) is 5.73 Å².